The molecule has 90 heavy (non-hydrogen) atoms. The molecular weight excluding hydrogens is 1170 g/mol. The predicted molar refractivity (Wildman–Crippen MR) is 363 cm³/mol. The van der Waals surface area contributed by atoms with Crippen LogP contribution in [0, 0.1) is 0 Å². The second kappa shape index (κ2) is 35.3. The predicted octanol–water partition coefficient (Wildman–Crippen LogP) is 13.7. The number of amides is 1. The Morgan fingerprint density at radius 1 is 0.567 bits per heavy atom. The van der Waals surface area contributed by atoms with Crippen LogP contribution in [0.2, 0.25) is 10.0 Å². The van der Waals surface area contributed by atoms with Crippen molar-refractivity contribution in [1.82, 2.24) is 40.1 Å². The summed E-state index contributed by atoms with van der Waals surface area (Å²) < 4.78 is 12.4. The molecule has 0 spiro atoms. The van der Waals surface area contributed by atoms with Gasteiger partial charge >= 0.3 is 5.97 Å². The number of carbonyl (C=O) groups excluding carboxylic acids is 1. The minimum Gasteiger partial charge on any atom is -0.489 e. The van der Waals surface area contributed by atoms with E-state index in [0.717, 1.165) is 95.3 Å². The van der Waals surface area contributed by atoms with E-state index in [1.54, 1.807) is 24.3 Å². The van der Waals surface area contributed by atoms with Gasteiger partial charge in [0, 0.05) is 75.3 Å². The third-order valence-electron chi connectivity index (χ3n) is 17.7. The van der Waals surface area contributed by atoms with E-state index in [-0.39, 0.29) is 31.1 Å². The molecular formula is C73H91Cl2N9O6. The van der Waals surface area contributed by atoms with Gasteiger partial charge in [-0.25, -0.2) is 4.79 Å². The molecule has 0 bridgehead atoms. The van der Waals surface area contributed by atoms with Gasteiger partial charge in [-0.15, -0.1) is 5.10 Å². The lowest BCUT2D eigenvalue weighted by atomic mass is 9.90. The fraction of sp³-hybridized carbons (Fsp3) is 0.397. The van der Waals surface area contributed by atoms with E-state index in [1.807, 2.05) is 24.3 Å². The first-order valence-corrected chi connectivity index (χ1v) is 32.3. The van der Waals surface area contributed by atoms with Crippen LogP contribution in [0.25, 0.3) is 11.0 Å². The van der Waals surface area contributed by atoms with Crippen LogP contribution in [-0.4, -0.2) is 161 Å². The van der Waals surface area contributed by atoms with E-state index in [1.165, 1.54) is 73.0 Å². The summed E-state index contributed by atoms with van der Waals surface area (Å²) in [6.07, 6.45) is 11.2. The molecule has 478 valence electrons. The number of para-hydroxylation sites is 1. The topological polar surface area (TPSA) is 175 Å². The zero-order chi connectivity index (χ0) is 62.3. The number of carboxylic acid groups (broad SMARTS) is 1. The van der Waals surface area contributed by atoms with Gasteiger partial charge < -0.3 is 50.4 Å². The van der Waals surface area contributed by atoms with Gasteiger partial charge in [0.1, 0.15) is 34.7 Å². The third-order valence-corrected chi connectivity index (χ3v) is 18.2. The maximum Gasteiger partial charge on any atom is 0.335 e. The summed E-state index contributed by atoms with van der Waals surface area (Å²) in [5.74, 6) is 0.814. The van der Waals surface area contributed by atoms with Crippen molar-refractivity contribution in [3.63, 3.8) is 0 Å². The molecule has 7 aromatic carbocycles. The molecule has 12 rings (SSSR count). The molecule has 5 heterocycles. The fourth-order valence-corrected chi connectivity index (χ4v) is 13.0. The number of nitrogens with zero attached hydrogens (tertiary/aromatic N) is 7. The van der Waals surface area contributed by atoms with Crippen LogP contribution in [0.4, 0.5) is 0 Å². The largest absolute Gasteiger partial charge is 0.489 e. The Balaban J connectivity index is 0.000000180. The molecule has 15 nitrogen and oxygen atoms in total. The molecule has 8 aromatic rings. The number of piperidine rings is 2. The number of ether oxygens (including phenoxy) is 2. The van der Waals surface area contributed by atoms with Gasteiger partial charge in [-0.05, 0) is 174 Å². The summed E-state index contributed by atoms with van der Waals surface area (Å²) in [6.45, 7) is 9.76. The smallest absolute Gasteiger partial charge is 0.335 e. The van der Waals surface area contributed by atoms with Gasteiger partial charge in [0.05, 0.1) is 15.6 Å². The number of likely N-dealkylation sites (tertiary alicyclic amines) is 4. The number of hydrogen-bond acceptors (Lipinski definition) is 12. The van der Waals surface area contributed by atoms with Crippen LogP contribution >= 0.6 is 23.2 Å². The molecule has 0 saturated carbocycles. The van der Waals surface area contributed by atoms with Crippen LogP contribution in [0.15, 0.2) is 182 Å². The molecule has 4 fully saturated rings. The van der Waals surface area contributed by atoms with Gasteiger partial charge in [-0.2, -0.15) is 0 Å². The highest BCUT2D eigenvalue weighted by atomic mass is 35.5. The first-order chi connectivity index (χ1) is 43.4. The molecule has 0 radical (unpaired) electrons. The molecule has 4 aliphatic rings. The summed E-state index contributed by atoms with van der Waals surface area (Å²) in [5.41, 5.74) is 12.9. The standard InChI is InChI=1S/C33H40ClN3O2.C26H26ClNO3.C7H16N2.C6H5N3O.CH4/c1-36-20-8-13-28(36)16-19-35-33(38)27-14-15-32(31(34)23-27)39-29-17-21-37(22-18-29)24-30(25-9-4-2-5-10-25)26-11-6-3-7-12-26;27-24-17-21(26(29)30)11-12-25(24)31-22-13-15-28(16-14-22)18-23(19-7-3-1-4-8-19)20-9-5-2-6-10-20;1-9-6-2-3-7(9)4-5-8;10-9-6-4-2-1-3-5(6)7-8-9;/h2-7,9-12,14-15,23,28-30H,8,13,16-22,24H2,1H3,(H,35,38);1-12,17,22-23H,13-16,18H2,(H,29,30);7H,2-6,8H2,1H3;1-4,10H;1H4. The second-order valence-corrected chi connectivity index (χ2v) is 24.5. The van der Waals surface area contributed by atoms with Crippen LogP contribution in [0.3, 0.4) is 0 Å². The van der Waals surface area contributed by atoms with Gasteiger partial charge in [-0.1, -0.05) is 169 Å². The number of benzene rings is 7. The summed E-state index contributed by atoms with van der Waals surface area (Å²) in [4.78, 5) is 34.3. The first kappa shape index (κ1) is 68.6. The Morgan fingerprint density at radius 2 is 0.978 bits per heavy atom. The van der Waals surface area contributed by atoms with Crippen LogP contribution in [0.1, 0.15) is 126 Å². The number of fused-ring (bicyclic) bond motifs is 1. The molecule has 17 heteroatoms. The number of aromatic nitrogens is 3. The van der Waals surface area contributed by atoms with Crippen molar-refractivity contribution in [2.24, 2.45) is 5.73 Å². The Labute approximate surface area is 542 Å². The summed E-state index contributed by atoms with van der Waals surface area (Å²) in [5, 5.41) is 29.0. The molecule has 4 saturated heterocycles. The van der Waals surface area contributed by atoms with Crippen molar-refractivity contribution in [3.05, 3.63) is 225 Å². The van der Waals surface area contributed by atoms with E-state index in [9.17, 15) is 9.59 Å². The SMILES string of the molecule is C.CN1CCCC1CCN.CN1CCCC1CCNC(=O)c1ccc(OC2CCN(CC(c3ccccc3)c3ccccc3)CC2)c(Cl)c1.O=C(O)c1ccc(OC2CCN(CC(c3ccccc3)c3ccccc3)CC2)c(Cl)c1.On1nnc2ccccc21. The highest BCUT2D eigenvalue weighted by Gasteiger charge is 2.28. The number of hydrogen-bond donors (Lipinski definition) is 4. The van der Waals surface area contributed by atoms with E-state index >= 15 is 0 Å². The van der Waals surface area contributed by atoms with Crippen molar-refractivity contribution in [3.8, 4) is 11.5 Å². The lowest BCUT2D eigenvalue weighted by molar-refractivity contribution is 0.0696. The van der Waals surface area contributed by atoms with Crippen LogP contribution in [-0.2, 0) is 0 Å². The van der Waals surface area contributed by atoms with E-state index < -0.39 is 5.97 Å². The maximum atomic E-state index is 12.7. The minimum absolute atomic E-state index is 0. The quantitative estimate of drug-likeness (QED) is 0.0564. The summed E-state index contributed by atoms with van der Waals surface area (Å²) in [6, 6.07) is 61.5. The Hall–Kier alpha value is -7.34. The van der Waals surface area contributed by atoms with E-state index in [4.69, 9.17) is 48.7 Å². The molecule has 4 aliphatic heterocycles. The maximum absolute atomic E-state index is 12.7. The molecule has 1 amide bonds. The Kier molecular flexibility index (Phi) is 26.9. The van der Waals surface area contributed by atoms with Gasteiger partial charge in [0.15, 0.2) is 0 Å². The molecule has 1 aromatic heterocycles. The lowest BCUT2D eigenvalue weighted by Crippen LogP contribution is -2.40. The fourth-order valence-electron chi connectivity index (χ4n) is 12.5. The van der Waals surface area contributed by atoms with Crippen molar-refractivity contribution in [2.75, 3.05) is 79.5 Å². The monoisotopic (exact) mass is 1260 g/mol. The number of carboxylic acids is 1. The average Bonchev–Trinajstić information content (AvgIpc) is 3.96. The van der Waals surface area contributed by atoms with E-state index in [2.05, 4.69) is 171 Å². The van der Waals surface area contributed by atoms with Crippen molar-refractivity contribution in [1.29, 1.82) is 0 Å². The van der Waals surface area contributed by atoms with Crippen molar-refractivity contribution >= 4 is 46.1 Å². The Morgan fingerprint density at radius 3 is 1.38 bits per heavy atom. The van der Waals surface area contributed by atoms with Crippen LogP contribution < -0.4 is 20.5 Å². The lowest BCUT2D eigenvalue weighted by Gasteiger charge is -2.34. The Bertz CT molecular complexity index is 3330. The number of carbonyl (C=O) groups is 2. The highest BCUT2D eigenvalue weighted by Crippen LogP contribution is 2.33. The molecule has 2 atom stereocenters. The second-order valence-electron chi connectivity index (χ2n) is 23.7. The normalized spacial score (nSPS) is 17.5. The first-order valence-electron chi connectivity index (χ1n) is 31.6. The number of aromatic carboxylic acids is 1. The number of halogens is 2. The van der Waals surface area contributed by atoms with Crippen molar-refractivity contribution < 1.29 is 29.4 Å². The summed E-state index contributed by atoms with van der Waals surface area (Å²) >= 11 is 12.8. The average molecular weight is 1260 g/mol. The van der Waals surface area contributed by atoms with Crippen molar-refractivity contribution in [2.45, 2.75) is 108 Å². The number of nitrogens with two attached hydrogens (primary N) is 1. The third kappa shape index (κ3) is 20.1. The number of nitrogens with one attached hydrogen (secondary N) is 1. The van der Waals surface area contributed by atoms with Gasteiger partial charge in [0.25, 0.3) is 5.91 Å². The van der Waals surface area contributed by atoms with Gasteiger partial charge in [-0.3, -0.25) is 4.79 Å². The number of rotatable bonds is 19. The summed E-state index contributed by atoms with van der Waals surface area (Å²) in [7, 11) is 4.35. The highest BCUT2D eigenvalue weighted by molar-refractivity contribution is 6.32. The zero-order valence-corrected chi connectivity index (χ0v) is 52.9. The molecule has 5 N–H and O–H groups in total. The minimum atomic E-state index is -0.992. The van der Waals surface area contributed by atoms with Gasteiger partial charge in [0.2, 0.25) is 0 Å². The molecule has 2 unspecified atom stereocenters. The van der Waals surface area contributed by atoms with Crippen LogP contribution in [0.5, 0.6) is 11.5 Å². The van der Waals surface area contributed by atoms with E-state index in [0.29, 0.717) is 62.6 Å². The molecule has 0 aliphatic carbocycles. The zero-order valence-electron chi connectivity index (χ0n) is 51.4.